The number of aliphatic imine (C=N–C) groups is 1. The molecule has 0 bridgehead atoms. The summed E-state index contributed by atoms with van der Waals surface area (Å²) in [6, 6.07) is 7.33. The molecule has 1 fully saturated rings. The Morgan fingerprint density at radius 2 is 2.00 bits per heavy atom. The zero-order valence-electron chi connectivity index (χ0n) is 15.9. The first-order chi connectivity index (χ1) is 12.1. The summed E-state index contributed by atoms with van der Waals surface area (Å²) in [5.74, 6) is 1.32. The first-order valence-electron chi connectivity index (χ1n) is 8.88. The Hall–Kier alpha value is -1.35. The first-order valence-corrected chi connectivity index (χ1v) is 8.88. The van der Waals surface area contributed by atoms with E-state index in [4.69, 9.17) is 9.47 Å². The molecule has 1 aliphatic rings. The Morgan fingerprint density at radius 1 is 1.31 bits per heavy atom. The minimum Gasteiger partial charge on any atom is -0.465 e. The number of methoxy groups -OCH3 is 1. The fourth-order valence-corrected chi connectivity index (χ4v) is 2.34. The van der Waals surface area contributed by atoms with Crippen molar-refractivity contribution >= 4 is 35.9 Å². The van der Waals surface area contributed by atoms with Crippen LogP contribution < -0.4 is 5.32 Å². The van der Waals surface area contributed by atoms with Gasteiger partial charge in [-0.3, -0.25) is 0 Å². The number of hydrogen-bond donors (Lipinski definition) is 1. The lowest BCUT2D eigenvalue weighted by atomic mass is 10.1. The van der Waals surface area contributed by atoms with Crippen LogP contribution in [0.15, 0.2) is 29.3 Å². The molecular formula is C19H30IN3O3. The highest BCUT2D eigenvalue weighted by atomic mass is 127. The third-order valence-corrected chi connectivity index (χ3v) is 4.10. The van der Waals surface area contributed by atoms with Crippen molar-refractivity contribution in [2.45, 2.75) is 26.3 Å². The molecule has 0 aromatic heterocycles. The van der Waals surface area contributed by atoms with Gasteiger partial charge in [-0.1, -0.05) is 12.1 Å². The molecule has 146 valence electrons. The molecule has 0 saturated heterocycles. The molecule has 1 aromatic rings. The third kappa shape index (κ3) is 7.90. The number of carbonyl (C=O) groups excluding carboxylic acids is 1. The summed E-state index contributed by atoms with van der Waals surface area (Å²) >= 11 is 0. The van der Waals surface area contributed by atoms with Gasteiger partial charge in [0.25, 0.3) is 0 Å². The number of rotatable bonds is 9. The van der Waals surface area contributed by atoms with Crippen molar-refractivity contribution in [1.29, 1.82) is 0 Å². The fourth-order valence-electron chi connectivity index (χ4n) is 2.34. The van der Waals surface area contributed by atoms with Crippen molar-refractivity contribution in [3.05, 3.63) is 35.4 Å². The second-order valence-corrected chi connectivity index (χ2v) is 6.30. The minimum absolute atomic E-state index is 0. The zero-order valence-corrected chi connectivity index (χ0v) is 18.2. The number of nitrogens with one attached hydrogen (secondary N) is 1. The molecule has 0 unspecified atom stereocenters. The summed E-state index contributed by atoms with van der Waals surface area (Å²) in [4.78, 5) is 18.2. The van der Waals surface area contributed by atoms with Crippen molar-refractivity contribution in [3.63, 3.8) is 0 Å². The monoisotopic (exact) mass is 475 g/mol. The van der Waals surface area contributed by atoms with Gasteiger partial charge >= 0.3 is 5.97 Å². The number of nitrogens with zero attached hydrogens (tertiary/aromatic N) is 2. The van der Waals surface area contributed by atoms with Gasteiger partial charge in [0.15, 0.2) is 5.96 Å². The molecule has 1 aliphatic carbocycles. The molecule has 0 heterocycles. The number of hydrogen-bond acceptors (Lipinski definition) is 4. The predicted octanol–water partition coefficient (Wildman–Crippen LogP) is 2.92. The molecule has 6 nitrogen and oxygen atoms in total. The highest BCUT2D eigenvalue weighted by Gasteiger charge is 2.21. The van der Waals surface area contributed by atoms with Crippen molar-refractivity contribution < 1.29 is 14.3 Å². The van der Waals surface area contributed by atoms with Gasteiger partial charge in [-0.2, -0.15) is 0 Å². The molecule has 0 radical (unpaired) electrons. The molecule has 0 atom stereocenters. The maximum Gasteiger partial charge on any atom is 0.337 e. The Morgan fingerprint density at radius 3 is 2.58 bits per heavy atom. The maximum atomic E-state index is 11.5. The van der Waals surface area contributed by atoms with Crippen LogP contribution >= 0.6 is 24.0 Å². The standard InChI is InChI=1S/C19H29N3O3.HI/c1-4-20-19(22(2)11-12-25-14-16-5-6-16)21-13-15-7-9-17(10-8-15)18(23)24-3;/h7-10,16H,4-6,11-14H2,1-3H3,(H,20,21);1H. The predicted molar refractivity (Wildman–Crippen MR) is 114 cm³/mol. The van der Waals surface area contributed by atoms with Crippen molar-refractivity contribution in [3.8, 4) is 0 Å². The maximum absolute atomic E-state index is 11.5. The Balaban J connectivity index is 0.00000338. The number of esters is 1. The second kappa shape index (κ2) is 12.1. The van der Waals surface area contributed by atoms with Crippen LogP contribution in [0.5, 0.6) is 0 Å². The molecule has 0 amide bonds. The highest BCUT2D eigenvalue weighted by Crippen LogP contribution is 2.28. The molecule has 0 aliphatic heterocycles. The second-order valence-electron chi connectivity index (χ2n) is 6.30. The molecule has 0 spiro atoms. The van der Waals surface area contributed by atoms with E-state index in [9.17, 15) is 4.79 Å². The zero-order chi connectivity index (χ0) is 18.1. The molecule has 2 rings (SSSR count). The average Bonchev–Trinajstić information content (AvgIpc) is 3.46. The topological polar surface area (TPSA) is 63.2 Å². The lowest BCUT2D eigenvalue weighted by Crippen LogP contribution is -2.40. The molecule has 7 heteroatoms. The van der Waals surface area contributed by atoms with Crippen molar-refractivity contribution in [2.75, 3.05) is 40.5 Å². The third-order valence-electron chi connectivity index (χ3n) is 4.10. The van der Waals surface area contributed by atoms with E-state index in [-0.39, 0.29) is 29.9 Å². The fraction of sp³-hybridized carbons (Fsp3) is 0.579. The summed E-state index contributed by atoms with van der Waals surface area (Å²) in [6.07, 6.45) is 2.63. The summed E-state index contributed by atoms with van der Waals surface area (Å²) in [7, 11) is 3.40. The van der Waals surface area contributed by atoms with E-state index >= 15 is 0 Å². The van der Waals surface area contributed by atoms with Gasteiger partial charge in [-0.05, 0) is 43.4 Å². The van der Waals surface area contributed by atoms with E-state index in [1.165, 1.54) is 20.0 Å². The van der Waals surface area contributed by atoms with Gasteiger partial charge in [-0.25, -0.2) is 9.79 Å². The molecule has 1 aromatic carbocycles. The van der Waals surface area contributed by atoms with Crippen molar-refractivity contribution in [1.82, 2.24) is 10.2 Å². The van der Waals surface area contributed by atoms with Gasteiger partial charge in [0, 0.05) is 26.7 Å². The molecule has 1 saturated carbocycles. The lowest BCUT2D eigenvalue weighted by molar-refractivity contribution is 0.0600. The van der Waals surface area contributed by atoms with E-state index in [0.717, 1.165) is 37.1 Å². The number of benzene rings is 1. The van der Waals surface area contributed by atoms with Crippen LogP contribution in [0, 0.1) is 5.92 Å². The van der Waals surface area contributed by atoms with Crippen LogP contribution in [-0.4, -0.2) is 57.3 Å². The Bertz CT molecular complexity index is 574. The summed E-state index contributed by atoms with van der Waals surface area (Å²) in [5.41, 5.74) is 1.59. The van der Waals surface area contributed by atoms with Crippen LogP contribution in [0.2, 0.25) is 0 Å². The summed E-state index contributed by atoms with van der Waals surface area (Å²) in [5, 5.41) is 3.30. The van der Waals surface area contributed by atoms with Crippen LogP contribution in [0.3, 0.4) is 0 Å². The molecule has 1 N–H and O–H groups in total. The Labute approximate surface area is 173 Å². The summed E-state index contributed by atoms with van der Waals surface area (Å²) < 4.78 is 10.4. The van der Waals surface area contributed by atoms with Crippen LogP contribution in [0.25, 0.3) is 0 Å². The van der Waals surface area contributed by atoms with Crippen LogP contribution in [0.4, 0.5) is 0 Å². The van der Waals surface area contributed by atoms with Gasteiger partial charge in [0.1, 0.15) is 0 Å². The van der Waals surface area contributed by atoms with E-state index in [0.29, 0.717) is 18.7 Å². The summed E-state index contributed by atoms with van der Waals surface area (Å²) in [6.45, 7) is 5.82. The number of guanidine groups is 1. The molecular weight excluding hydrogens is 445 g/mol. The van der Waals surface area contributed by atoms with Gasteiger partial charge in [-0.15, -0.1) is 24.0 Å². The SMILES string of the molecule is CCNC(=NCc1ccc(C(=O)OC)cc1)N(C)CCOCC1CC1.I. The number of ether oxygens (including phenoxy) is 2. The van der Waals surface area contributed by atoms with Crippen LogP contribution in [-0.2, 0) is 16.0 Å². The number of likely N-dealkylation sites (N-methyl/N-ethyl adjacent to an activating group) is 1. The number of halogens is 1. The number of carbonyl (C=O) groups is 1. The largest absolute Gasteiger partial charge is 0.465 e. The van der Waals surface area contributed by atoms with Crippen LogP contribution in [0.1, 0.15) is 35.7 Å². The van der Waals surface area contributed by atoms with Gasteiger partial charge < -0.3 is 19.7 Å². The van der Waals surface area contributed by atoms with Gasteiger partial charge in [0.2, 0.25) is 0 Å². The average molecular weight is 475 g/mol. The van der Waals surface area contributed by atoms with E-state index in [1.807, 2.05) is 19.2 Å². The lowest BCUT2D eigenvalue weighted by Gasteiger charge is -2.22. The molecule has 26 heavy (non-hydrogen) atoms. The quantitative estimate of drug-likeness (QED) is 0.196. The van der Waals surface area contributed by atoms with Gasteiger partial charge in [0.05, 0.1) is 25.8 Å². The first kappa shape index (κ1) is 22.7. The van der Waals surface area contributed by atoms with E-state index in [1.54, 1.807) is 12.1 Å². The Kier molecular flexibility index (Phi) is 10.6. The highest BCUT2D eigenvalue weighted by molar-refractivity contribution is 14.0. The normalized spacial score (nSPS) is 13.7. The van der Waals surface area contributed by atoms with E-state index < -0.39 is 0 Å². The smallest absolute Gasteiger partial charge is 0.337 e. The minimum atomic E-state index is -0.325. The van der Waals surface area contributed by atoms with Crippen molar-refractivity contribution in [2.24, 2.45) is 10.9 Å². The van der Waals surface area contributed by atoms with E-state index in [2.05, 4.69) is 22.1 Å².